The van der Waals surface area contributed by atoms with Crippen LogP contribution in [0.5, 0.6) is 0 Å². The van der Waals surface area contributed by atoms with Gasteiger partial charge >= 0.3 is 6.18 Å². The van der Waals surface area contributed by atoms with E-state index in [1.165, 1.54) is 60.7 Å². The van der Waals surface area contributed by atoms with Crippen molar-refractivity contribution in [3.05, 3.63) is 94.0 Å². The predicted octanol–water partition coefficient (Wildman–Crippen LogP) is 5.36. The number of carbonyl (C=O) groups excluding carboxylic acids is 1. The zero-order valence-corrected chi connectivity index (χ0v) is 19.5. The fraction of sp³-hybridized carbons (Fsp3) is 0.0909. The molecule has 1 N–H and O–H groups in total. The molecule has 0 aromatic heterocycles. The molecule has 0 atom stereocenters. The van der Waals surface area contributed by atoms with E-state index in [4.69, 9.17) is 23.2 Å². The summed E-state index contributed by atoms with van der Waals surface area (Å²) >= 11 is 12.1. The van der Waals surface area contributed by atoms with Gasteiger partial charge in [0, 0.05) is 10.6 Å². The van der Waals surface area contributed by atoms with Crippen molar-refractivity contribution in [2.24, 2.45) is 5.10 Å². The molecular formula is C22H16Cl2F3N3O3S. The maximum absolute atomic E-state index is 13.2. The van der Waals surface area contributed by atoms with E-state index in [0.717, 1.165) is 16.6 Å². The standard InChI is InChI=1S/C22H16Cl2F3N3O3S/c23-16-10-11-20(19(24)12-16)30(34(32,33)17-7-2-1-3-8-17)14-21(31)29-28-13-15-6-4-5-9-18(15)22(25,26)27/h1-13H,14H2,(H,29,31)/b28-13-. The van der Waals surface area contributed by atoms with Crippen LogP contribution < -0.4 is 9.73 Å². The molecule has 12 heteroatoms. The quantitative estimate of drug-likeness (QED) is 0.330. The first-order valence-corrected chi connectivity index (χ1v) is 11.7. The van der Waals surface area contributed by atoms with E-state index in [1.807, 2.05) is 0 Å². The average Bonchev–Trinajstić information content (AvgIpc) is 2.78. The van der Waals surface area contributed by atoms with E-state index < -0.39 is 34.2 Å². The number of anilines is 1. The van der Waals surface area contributed by atoms with E-state index in [0.29, 0.717) is 0 Å². The van der Waals surface area contributed by atoms with Crippen molar-refractivity contribution in [3.63, 3.8) is 0 Å². The molecule has 1 amide bonds. The van der Waals surface area contributed by atoms with Crippen LogP contribution in [0, 0.1) is 0 Å². The lowest BCUT2D eigenvalue weighted by Gasteiger charge is -2.24. The van der Waals surface area contributed by atoms with E-state index in [9.17, 15) is 26.4 Å². The number of amides is 1. The molecule has 6 nitrogen and oxygen atoms in total. The second-order valence-corrected chi connectivity index (χ2v) is 9.50. The molecule has 0 fully saturated rings. The highest BCUT2D eigenvalue weighted by Gasteiger charge is 2.32. The third kappa shape index (κ3) is 6.07. The monoisotopic (exact) mass is 529 g/mol. The summed E-state index contributed by atoms with van der Waals surface area (Å²) in [5, 5.41) is 3.78. The number of hydrogen-bond acceptors (Lipinski definition) is 4. The van der Waals surface area contributed by atoms with E-state index in [-0.39, 0.29) is 26.2 Å². The third-order valence-corrected chi connectivity index (χ3v) is 6.77. The molecular weight excluding hydrogens is 514 g/mol. The van der Waals surface area contributed by atoms with Crippen LogP contribution >= 0.6 is 23.2 Å². The van der Waals surface area contributed by atoms with Gasteiger partial charge in [-0.3, -0.25) is 9.10 Å². The van der Waals surface area contributed by atoms with Crippen LogP contribution in [0.3, 0.4) is 0 Å². The van der Waals surface area contributed by atoms with Gasteiger partial charge in [0.25, 0.3) is 15.9 Å². The van der Waals surface area contributed by atoms with Gasteiger partial charge < -0.3 is 0 Å². The van der Waals surface area contributed by atoms with Gasteiger partial charge in [-0.1, -0.05) is 59.6 Å². The van der Waals surface area contributed by atoms with Gasteiger partial charge in [-0.15, -0.1) is 0 Å². The molecule has 3 aromatic carbocycles. The average molecular weight is 530 g/mol. The van der Waals surface area contributed by atoms with Crippen molar-refractivity contribution in [1.29, 1.82) is 0 Å². The fourth-order valence-corrected chi connectivity index (χ4v) is 4.93. The number of benzene rings is 3. The lowest BCUT2D eigenvalue weighted by molar-refractivity contribution is -0.137. The molecule has 0 aliphatic heterocycles. The van der Waals surface area contributed by atoms with Crippen LogP contribution in [0.4, 0.5) is 18.9 Å². The zero-order valence-electron chi connectivity index (χ0n) is 17.1. The Morgan fingerprint density at radius 2 is 1.65 bits per heavy atom. The first-order valence-electron chi connectivity index (χ1n) is 9.51. The molecule has 34 heavy (non-hydrogen) atoms. The van der Waals surface area contributed by atoms with Crippen molar-refractivity contribution in [1.82, 2.24) is 5.43 Å². The fourth-order valence-electron chi connectivity index (χ4n) is 2.91. The Bertz CT molecular complexity index is 1320. The molecule has 0 radical (unpaired) electrons. The highest BCUT2D eigenvalue weighted by Crippen LogP contribution is 2.33. The van der Waals surface area contributed by atoms with Crippen molar-refractivity contribution < 1.29 is 26.4 Å². The molecule has 0 aliphatic rings. The Morgan fingerprint density at radius 3 is 2.29 bits per heavy atom. The molecule has 3 rings (SSSR count). The summed E-state index contributed by atoms with van der Waals surface area (Å²) in [6.07, 6.45) is -3.79. The third-order valence-electron chi connectivity index (χ3n) is 4.46. The van der Waals surface area contributed by atoms with Crippen LogP contribution in [-0.2, 0) is 21.0 Å². The summed E-state index contributed by atoms with van der Waals surface area (Å²) in [5.41, 5.74) is 0.826. The first kappa shape index (κ1) is 25.5. The highest BCUT2D eigenvalue weighted by molar-refractivity contribution is 7.92. The van der Waals surface area contributed by atoms with E-state index in [1.54, 1.807) is 6.07 Å². The molecule has 3 aromatic rings. The molecule has 178 valence electrons. The molecule has 0 unspecified atom stereocenters. The van der Waals surface area contributed by atoms with Crippen LogP contribution in [0.2, 0.25) is 10.0 Å². The molecule has 0 aliphatic carbocycles. The number of hydrogen-bond donors (Lipinski definition) is 1. The summed E-state index contributed by atoms with van der Waals surface area (Å²) in [6, 6.07) is 16.0. The van der Waals surface area contributed by atoms with Gasteiger partial charge in [-0.2, -0.15) is 18.3 Å². The zero-order chi connectivity index (χ0) is 24.9. The van der Waals surface area contributed by atoms with Crippen molar-refractivity contribution in [2.45, 2.75) is 11.1 Å². The summed E-state index contributed by atoms with van der Waals surface area (Å²) in [4.78, 5) is 12.4. The van der Waals surface area contributed by atoms with Crippen molar-refractivity contribution in [3.8, 4) is 0 Å². The minimum atomic E-state index is -4.61. The smallest absolute Gasteiger partial charge is 0.271 e. The number of alkyl halides is 3. The SMILES string of the molecule is O=C(CN(c1ccc(Cl)cc1Cl)S(=O)(=O)c1ccccc1)N/N=C\c1ccccc1C(F)(F)F. The number of nitrogens with one attached hydrogen (secondary N) is 1. The summed E-state index contributed by atoms with van der Waals surface area (Å²) in [6.45, 7) is -0.753. The van der Waals surface area contributed by atoms with E-state index >= 15 is 0 Å². The minimum Gasteiger partial charge on any atom is -0.271 e. The number of carbonyl (C=O) groups is 1. The Labute approximate surface area is 203 Å². The summed E-state index contributed by atoms with van der Waals surface area (Å²) in [7, 11) is -4.24. The largest absolute Gasteiger partial charge is 0.417 e. The maximum Gasteiger partial charge on any atom is 0.417 e. The van der Waals surface area contributed by atoms with Gasteiger partial charge in [-0.25, -0.2) is 13.8 Å². The maximum atomic E-state index is 13.2. The second kappa shape index (κ2) is 10.5. The molecule has 0 saturated carbocycles. The van der Waals surface area contributed by atoms with Gasteiger partial charge in [0.1, 0.15) is 6.54 Å². The van der Waals surface area contributed by atoms with E-state index in [2.05, 4.69) is 10.5 Å². The van der Waals surface area contributed by atoms with Crippen LogP contribution in [0.25, 0.3) is 0 Å². The normalized spacial score (nSPS) is 12.0. The van der Waals surface area contributed by atoms with Crippen LogP contribution in [0.1, 0.15) is 11.1 Å². The topological polar surface area (TPSA) is 78.8 Å². The predicted molar refractivity (Wildman–Crippen MR) is 125 cm³/mol. The number of nitrogens with zero attached hydrogens (tertiary/aromatic N) is 2. The Morgan fingerprint density at radius 1 is 1.00 bits per heavy atom. The van der Waals surface area contributed by atoms with Crippen LogP contribution in [0.15, 0.2) is 82.8 Å². The van der Waals surface area contributed by atoms with Gasteiger partial charge in [-0.05, 0) is 36.4 Å². The van der Waals surface area contributed by atoms with Gasteiger partial charge in [0.05, 0.1) is 27.4 Å². The summed E-state index contributed by atoms with van der Waals surface area (Å²) in [5.74, 6) is -0.911. The molecule has 0 spiro atoms. The number of halogens is 5. The highest BCUT2D eigenvalue weighted by atomic mass is 35.5. The molecule has 0 heterocycles. The lowest BCUT2D eigenvalue weighted by atomic mass is 10.1. The summed E-state index contributed by atoms with van der Waals surface area (Å²) < 4.78 is 66.6. The minimum absolute atomic E-state index is 0.0172. The number of rotatable bonds is 7. The van der Waals surface area contributed by atoms with Gasteiger partial charge in [0.2, 0.25) is 0 Å². The molecule has 0 saturated heterocycles. The lowest BCUT2D eigenvalue weighted by Crippen LogP contribution is -2.39. The Hall–Kier alpha value is -3.08. The van der Waals surface area contributed by atoms with Crippen molar-refractivity contribution in [2.75, 3.05) is 10.8 Å². The second-order valence-electron chi connectivity index (χ2n) is 6.80. The number of hydrazone groups is 1. The first-order chi connectivity index (χ1) is 16.0. The van der Waals surface area contributed by atoms with Crippen molar-refractivity contribution >= 4 is 51.0 Å². The number of sulfonamides is 1. The molecule has 0 bridgehead atoms. The Kier molecular flexibility index (Phi) is 7.86. The van der Waals surface area contributed by atoms with Gasteiger partial charge in [0.15, 0.2) is 0 Å². The van der Waals surface area contributed by atoms with Crippen LogP contribution in [-0.4, -0.2) is 27.1 Å². The Balaban J connectivity index is 1.88.